The van der Waals surface area contributed by atoms with Crippen LogP contribution in [0.1, 0.15) is 25.3 Å². The van der Waals surface area contributed by atoms with Crippen molar-refractivity contribution in [3.8, 4) is 0 Å². The molecule has 22 heavy (non-hydrogen) atoms. The van der Waals surface area contributed by atoms with Gasteiger partial charge in [-0.15, -0.1) is 0 Å². The predicted octanol–water partition coefficient (Wildman–Crippen LogP) is 3.91. The van der Waals surface area contributed by atoms with E-state index in [1.54, 1.807) is 6.07 Å². The highest BCUT2D eigenvalue weighted by Gasteiger charge is 2.60. The average Bonchev–Trinajstić information content (AvgIpc) is 2.45. The van der Waals surface area contributed by atoms with Crippen LogP contribution in [0.25, 0.3) is 0 Å². The molecule has 0 N–H and O–H groups in total. The van der Waals surface area contributed by atoms with Crippen LogP contribution in [-0.2, 0) is 13.6 Å². The number of rotatable bonds is 9. The Morgan fingerprint density at radius 3 is 2.14 bits per heavy atom. The van der Waals surface area contributed by atoms with E-state index in [4.69, 9.17) is 0 Å². The zero-order chi connectivity index (χ0) is 16.8. The molecule has 1 aromatic rings. The third-order valence-corrected chi connectivity index (χ3v) is 5.15. The van der Waals surface area contributed by atoms with Crippen molar-refractivity contribution in [3.63, 3.8) is 0 Å². The van der Waals surface area contributed by atoms with E-state index in [0.717, 1.165) is 0 Å². The van der Waals surface area contributed by atoms with E-state index < -0.39 is 30.6 Å². The maximum atomic E-state index is 14.7. The third kappa shape index (κ3) is 4.09. The average molecular weight is 337 g/mol. The molecule has 0 fully saturated rings. The van der Waals surface area contributed by atoms with Gasteiger partial charge in [-0.05, 0) is 19.4 Å². The van der Waals surface area contributed by atoms with Gasteiger partial charge in [0.15, 0.2) is 0 Å². The number of nitro groups is 1. The molecular formula is C13H18F2NO5P. The molecule has 0 aliphatic rings. The Labute approximate surface area is 127 Å². The molecular weight excluding hydrogens is 319 g/mol. The molecule has 0 aliphatic carbocycles. The summed E-state index contributed by atoms with van der Waals surface area (Å²) in [6.07, 6.45) is 0. The first-order valence-corrected chi connectivity index (χ1v) is 8.26. The Morgan fingerprint density at radius 2 is 1.73 bits per heavy atom. The highest BCUT2D eigenvalue weighted by molar-refractivity contribution is 7.55. The zero-order valence-corrected chi connectivity index (χ0v) is 13.2. The van der Waals surface area contributed by atoms with Crippen LogP contribution < -0.4 is 0 Å². The SMILES string of the molecule is CCOP(=O)(OCC)C(F)(F)[C@H](C[N+](=O)[O-])c1ccccc1. The molecule has 0 saturated heterocycles. The lowest BCUT2D eigenvalue weighted by atomic mass is 9.99. The van der Waals surface area contributed by atoms with Crippen molar-refractivity contribution in [2.45, 2.75) is 25.4 Å². The second-order valence-corrected chi connectivity index (χ2v) is 6.51. The fourth-order valence-corrected chi connectivity index (χ4v) is 3.70. The zero-order valence-electron chi connectivity index (χ0n) is 12.3. The van der Waals surface area contributed by atoms with Crippen LogP contribution in [0.2, 0.25) is 0 Å². The van der Waals surface area contributed by atoms with E-state index in [1.807, 2.05) is 0 Å². The minimum atomic E-state index is -4.84. The Bertz CT molecular complexity index is 530. The Morgan fingerprint density at radius 1 is 1.23 bits per heavy atom. The quantitative estimate of drug-likeness (QED) is 0.388. The van der Waals surface area contributed by atoms with Gasteiger partial charge in [0.2, 0.25) is 6.54 Å². The topological polar surface area (TPSA) is 78.7 Å². The Hall–Kier alpha value is -1.37. The Balaban J connectivity index is 3.31. The van der Waals surface area contributed by atoms with Gasteiger partial charge in [0, 0.05) is 4.92 Å². The van der Waals surface area contributed by atoms with Crippen molar-refractivity contribution < 1.29 is 27.3 Å². The van der Waals surface area contributed by atoms with Gasteiger partial charge >= 0.3 is 13.3 Å². The van der Waals surface area contributed by atoms with Gasteiger partial charge in [-0.3, -0.25) is 14.7 Å². The number of hydrogen-bond donors (Lipinski definition) is 0. The molecule has 6 nitrogen and oxygen atoms in total. The van der Waals surface area contributed by atoms with Crippen molar-refractivity contribution in [2.75, 3.05) is 19.8 Å². The standard InChI is InChI=1S/C13H18F2NO5P/c1-3-20-22(19,21-4-2)13(14,15)12(10-16(17)18)11-8-6-5-7-9-11/h5-9,12H,3-4,10H2,1-2H3/t12-/m1/s1. The van der Waals surface area contributed by atoms with Crippen molar-refractivity contribution in [1.29, 1.82) is 0 Å². The normalized spacial score (nSPS) is 13.8. The summed E-state index contributed by atoms with van der Waals surface area (Å²) in [5.41, 5.74) is -4.02. The van der Waals surface area contributed by atoms with E-state index in [1.165, 1.54) is 38.1 Å². The van der Waals surface area contributed by atoms with Gasteiger partial charge in [0.1, 0.15) is 5.92 Å². The maximum Gasteiger partial charge on any atom is 0.400 e. The molecule has 1 aromatic carbocycles. The minimum Gasteiger partial charge on any atom is -0.305 e. The monoisotopic (exact) mass is 337 g/mol. The molecule has 0 heterocycles. The first kappa shape index (κ1) is 18.7. The largest absolute Gasteiger partial charge is 0.400 e. The minimum absolute atomic E-state index is 0.00355. The van der Waals surface area contributed by atoms with Gasteiger partial charge < -0.3 is 9.05 Å². The van der Waals surface area contributed by atoms with Gasteiger partial charge in [0.05, 0.1) is 13.2 Å². The highest BCUT2D eigenvalue weighted by atomic mass is 31.2. The molecule has 0 bridgehead atoms. The van der Waals surface area contributed by atoms with Crippen LogP contribution in [-0.4, -0.2) is 30.3 Å². The maximum absolute atomic E-state index is 14.7. The number of halogens is 2. The smallest absolute Gasteiger partial charge is 0.305 e. The summed E-state index contributed by atoms with van der Waals surface area (Å²) < 4.78 is 51.3. The second kappa shape index (κ2) is 7.76. The molecule has 1 rings (SSSR count). The van der Waals surface area contributed by atoms with Crippen LogP contribution in [0.15, 0.2) is 30.3 Å². The molecule has 124 valence electrons. The summed E-state index contributed by atoms with van der Waals surface area (Å²) in [6, 6.07) is 7.19. The predicted molar refractivity (Wildman–Crippen MR) is 76.8 cm³/mol. The van der Waals surface area contributed by atoms with Gasteiger partial charge in [-0.1, -0.05) is 30.3 Å². The summed E-state index contributed by atoms with van der Waals surface area (Å²) >= 11 is 0. The number of hydrogen-bond acceptors (Lipinski definition) is 5. The van der Waals surface area contributed by atoms with Crippen molar-refractivity contribution >= 4 is 7.60 Å². The number of benzene rings is 1. The number of alkyl halides is 2. The third-order valence-electron chi connectivity index (χ3n) is 2.92. The summed E-state index contributed by atoms with van der Waals surface area (Å²) in [6.45, 7) is 1.19. The van der Waals surface area contributed by atoms with Crippen LogP contribution in [0.5, 0.6) is 0 Å². The Kier molecular flexibility index (Phi) is 6.59. The van der Waals surface area contributed by atoms with Gasteiger partial charge in [-0.2, -0.15) is 8.78 Å². The summed E-state index contributed by atoms with van der Waals surface area (Å²) in [7, 11) is -4.84. The van der Waals surface area contributed by atoms with Gasteiger partial charge in [0.25, 0.3) is 0 Å². The lowest BCUT2D eigenvalue weighted by Gasteiger charge is -2.30. The van der Waals surface area contributed by atoms with Crippen LogP contribution in [0.4, 0.5) is 8.78 Å². The molecule has 0 unspecified atom stereocenters. The van der Waals surface area contributed by atoms with E-state index >= 15 is 0 Å². The van der Waals surface area contributed by atoms with E-state index in [2.05, 4.69) is 9.05 Å². The summed E-state index contributed by atoms with van der Waals surface area (Å²) in [5.74, 6) is -1.91. The van der Waals surface area contributed by atoms with Crippen LogP contribution in [0.3, 0.4) is 0 Å². The van der Waals surface area contributed by atoms with Crippen molar-refractivity contribution in [2.24, 2.45) is 0 Å². The summed E-state index contributed by atoms with van der Waals surface area (Å²) in [4.78, 5) is 9.91. The van der Waals surface area contributed by atoms with Crippen molar-refractivity contribution in [1.82, 2.24) is 0 Å². The van der Waals surface area contributed by atoms with E-state index in [0.29, 0.717) is 0 Å². The summed E-state index contributed by atoms with van der Waals surface area (Å²) in [5, 5.41) is 10.8. The molecule has 0 spiro atoms. The number of nitrogens with zero attached hydrogens (tertiary/aromatic N) is 1. The lowest BCUT2D eigenvalue weighted by Crippen LogP contribution is -2.33. The molecule has 0 amide bonds. The highest BCUT2D eigenvalue weighted by Crippen LogP contribution is 2.66. The molecule has 0 aliphatic heterocycles. The first-order valence-electron chi connectivity index (χ1n) is 6.72. The molecule has 9 heteroatoms. The molecule has 0 saturated carbocycles. The molecule has 0 aromatic heterocycles. The molecule has 0 radical (unpaired) electrons. The van der Waals surface area contributed by atoms with E-state index in [9.17, 15) is 23.5 Å². The lowest BCUT2D eigenvalue weighted by molar-refractivity contribution is -0.487. The fourth-order valence-electron chi connectivity index (χ4n) is 1.99. The van der Waals surface area contributed by atoms with Crippen LogP contribution >= 0.6 is 7.60 Å². The van der Waals surface area contributed by atoms with Crippen LogP contribution in [0, 0.1) is 10.1 Å². The second-order valence-electron chi connectivity index (χ2n) is 4.40. The fraction of sp³-hybridized carbons (Fsp3) is 0.538. The van der Waals surface area contributed by atoms with Crippen molar-refractivity contribution in [3.05, 3.63) is 46.0 Å². The van der Waals surface area contributed by atoms with E-state index in [-0.39, 0.29) is 18.8 Å². The van der Waals surface area contributed by atoms with Gasteiger partial charge in [-0.25, -0.2) is 0 Å². The first-order chi connectivity index (χ1) is 10.3. The molecule has 1 atom stereocenters.